The predicted molar refractivity (Wildman–Crippen MR) is 125 cm³/mol. The number of pyridine rings is 2. The predicted octanol–water partition coefficient (Wildman–Crippen LogP) is 4.40. The van der Waals surface area contributed by atoms with Gasteiger partial charge in [0.2, 0.25) is 5.91 Å². The van der Waals surface area contributed by atoms with Crippen LogP contribution >= 0.6 is 11.6 Å². The largest absolute Gasteiger partial charge is 0.384 e. The molecule has 0 saturated carbocycles. The molecule has 0 radical (unpaired) electrons. The number of rotatable bonds is 5. The van der Waals surface area contributed by atoms with E-state index in [1.807, 2.05) is 18.2 Å². The van der Waals surface area contributed by atoms with Crippen LogP contribution in [0.25, 0.3) is 22.4 Å². The molecule has 2 aromatic heterocycles. The Hall–Kier alpha value is -4.23. The zero-order valence-corrected chi connectivity index (χ0v) is 17.5. The molecule has 2 heterocycles. The third kappa shape index (κ3) is 4.43. The molecular weight excluding hydrogens is 426 g/mol. The molecule has 2 amide bonds. The van der Waals surface area contributed by atoms with Crippen molar-refractivity contribution < 1.29 is 9.59 Å². The summed E-state index contributed by atoms with van der Waals surface area (Å²) < 4.78 is 0. The van der Waals surface area contributed by atoms with E-state index in [1.54, 1.807) is 48.7 Å². The quantitative estimate of drug-likeness (QED) is 0.421. The zero-order valence-electron chi connectivity index (χ0n) is 16.7. The molecule has 5 N–H and O–H groups in total. The van der Waals surface area contributed by atoms with E-state index < -0.39 is 5.91 Å². The van der Waals surface area contributed by atoms with Crippen molar-refractivity contribution in [2.75, 3.05) is 11.1 Å². The summed E-state index contributed by atoms with van der Waals surface area (Å²) in [5.74, 6) is -0.629. The number of benzene rings is 2. The van der Waals surface area contributed by atoms with E-state index in [-0.39, 0.29) is 11.5 Å². The fourth-order valence-electron chi connectivity index (χ4n) is 3.23. The van der Waals surface area contributed by atoms with Crippen molar-refractivity contribution in [2.45, 2.75) is 0 Å². The summed E-state index contributed by atoms with van der Waals surface area (Å²) in [7, 11) is 0. The van der Waals surface area contributed by atoms with Crippen molar-refractivity contribution in [3.05, 3.63) is 95.3 Å². The van der Waals surface area contributed by atoms with E-state index in [9.17, 15) is 9.59 Å². The Morgan fingerprint density at radius 2 is 1.75 bits per heavy atom. The summed E-state index contributed by atoms with van der Waals surface area (Å²) in [4.78, 5) is 33.2. The van der Waals surface area contributed by atoms with Gasteiger partial charge in [-0.05, 0) is 66.2 Å². The third-order valence-corrected chi connectivity index (χ3v) is 5.14. The molecule has 0 atom stereocenters. The number of hydrogen-bond donors (Lipinski definition) is 3. The number of nitrogens with zero attached hydrogens (tertiary/aromatic N) is 2. The van der Waals surface area contributed by atoms with Crippen LogP contribution in [0.4, 0.5) is 11.5 Å². The molecule has 0 aliphatic rings. The molecule has 0 saturated heterocycles. The van der Waals surface area contributed by atoms with Gasteiger partial charge in [-0.3, -0.25) is 14.6 Å². The molecular formula is C24H18ClN5O2. The van der Waals surface area contributed by atoms with Crippen LogP contribution in [-0.2, 0) is 0 Å². The van der Waals surface area contributed by atoms with Gasteiger partial charge in [-0.2, -0.15) is 0 Å². The second-order valence-electron chi connectivity index (χ2n) is 6.96. The highest BCUT2D eigenvalue weighted by Crippen LogP contribution is 2.30. The van der Waals surface area contributed by atoms with E-state index in [0.717, 1.165) is 0 Å². The molecule has 4 aromatic rings. The van der Waals surface area contributed by atoms with Crippen molar-refractivity contribution in [3.63, 3.8) is 0 Å². The monoisotopic (exact) mass is 443 g/mol. The first-order valence-corrected chi connectivity index (χ1v) is 9.98. The number of amides is 2. The van der Waals surface area contributed by atoms with Gasteiger partial charge in [0, 0.05) is 40.3 Å². The number of carbonyl (C=O) groups is 2. The number of nitrogen functional groups attached to an aromatic ring is 1. The van der Waals surface area contributed by atoms with Gasteiger partial charge in [-0.15, -0.1) is 0 Å². The number of aromatic nitrogens is 2. The van der Waals surface area contributed by atoms with E-state index in [0.29, 0.717) is 44.5 Å². The molecule has 2 aromatic carbocycles. The van der Waals surface area contributed by atoms with E-state index >= 15 is 0 Å². The Kier molecular flexibility index (Phi) is 5.83. The van der Waals surface area contributed by atoms with Gasteiger partial charge in [0.1, 0.15) is 5.82 Å². The molecule has 7 nitrogen and oxygen atoms in total. The molecule has 0 bridgehead atoms. The average molecular weight is 444 g/mol. The minimum absolute atomic E-state index is 0.275. The van der Waals surface area contributed by atoms with Crippen LogP contribution in [0.2, 0.25) is 5.02 Å². The maximum Gasteiger partial charge on any atom is 0.255 e. The highest BCUT2D eigenvalue weighted by molar-refractivity contribution is 6.33. The zero-order chi connectivity index (χ0) is 22.7. The lowest BCUT2D eigenvalue weighted by atomic mass is 9.97. The number of primary amides is 1. The average Bonchev–Trinajstić information content (AvgIpc) is 2.81. The van der Waals surface area contributed by atoms with Gasteiger partial charge in [-0.25, -0.2) is 4.98 Å². The topological polar surface area (TPSA) is 124 Å². The fourth-order valence-corrected chi connectivity index (χ4v) is 3.44. The molecule has 158 valence electrons. The highest BCUT2D eigenvalue weighted by Gasteiger charge is 2.15. The van der Waals surface area contributed by atoms with E-state index in [4.69, 9.17) is 23.1 Å². The minimum Gasteiger partial charge on any atom is -0.384 e. The Morgan fingerprint density at radius 3 is 2.44 bits per heavy atom. The van der Waals surface area contributed by atoms with Crippen LogP contribution in [0.5, 0.6) is 0 Å². The Labute approximate surface area is 189 Å². The SMILES string of the molecule is NC(=O)c1ccc(C(=O)Nc2ccc(Cl)c(-c3ccccn3)c2)cc1-c1ccc(N)nc1. The van der Waals surface area contributed by atoms with Gasteiger partial charge in [0.05, 0.1) is 10.7 Å². The molecule has 4 rings (SSSR count). The van der Waals surface area contributed by atoms with Gasteiger partial charge in [0.15, 0.2) is 0 Å². The van der Waals surface area contributed by atoms with Gasteiger partial charge < -0.3 is 16.8 Å². The Bertz CT molecular complexity index is 1310. The van der Waals surface area contributed by atoms with E-state index in [2.05, 4.69) is 15.3 Å². The van der Waals surface area contributed by atoms with Crippen LogP contribution < -0.4 is 16.8 Å². The first-order valence-electron chi connectivity index (χ1n) is 9.60. The summed E-state index contributed by atoms with van der Waals surface area (Å²) >= 11 is 6.32. The van der Waals surface area contributed by atoms with Crippen LogP contribution in [0, 0.1) is 0 Å². The van der Waals surface area contributed by atoms with Crippen molar-refractivity contribution in [2.24, 2.45) is 5.73 Å². The van der Waals surface area contributed by atoms with Gasteiger partial charge in [-0.1, -0.05) is 17.7 Å². The lowest BCUT2D eigenvalue weighted by Crippen LogP contribution is -2.15. The van der Waals surface area contributed by atoms with Crippen molar-refractivity contribution >= 4 is 34.9 Å². The van der Waals surface area contributed by atoms with E-state index in [1.165, 1.54) is 12.3 Å². The second kappa shape index (κ2) is 8.87. The summed E-state index contributed by atoms with van der Waals surface area (Å²) in [5.41, 5.74) is 14.8. The number of nitrogens with two attached hydrogens (primary N) is 2. The normalized spacial score (nSPS) is 10.5. The number of carbonyl (C=O) groups excluding carboxylic acids is 2. The number of nitrogens with one attached hydrogen (secondary N) is 1. The van der Waals surface area contributed by atoms with Crippen molar-refractivity contribution in [3.8, 4) is 22.4 Å². The second-order valence-corrected chi connectivity index (χ2v) is 7.37. The van der Waals surface area contributed by atoms with Crippen molar-refractivity contribution in [1.29, 1.82) is 0 Å². The summed E-state index contributed by atoms with van der Waals surface area (Å²) in [6, 6.07) is 18.6. The van der Waals surface area contributed by atoms with Crippen LogP contribution in [0.1, 0.15) is 20.7 Å². The Balaban J connectivity index is 1.66. The third-order valence-electron chi connectivity index (χ3n) is 4.81. The number of hydrogen-bond acceptors (Lipinski definition) is 5. The Morgan fingerprint density at radius 1 is 0.906 bits per heavy atom. The molecule has 32 heavy (non-hydrogen) atoms. The smallest absolute Gasteiger partial charge is 0.255 e. The lowest BCUT2D eigenvalue weighted by Gasteiger charge is -2.12. The maximum atomic E-state index is 13.0. The van der Waals surface area contributed by atoms with Crippen LogP contribution in [0.3, 0.4) is 0 Å². The lowest BCUT2D eigenvalue weighted by molar-refractivity contribution is 0.0996. The first-order chi connectivity index (χ1) is 15.4. The molecule has 8 heteroatoms. The minimum atomic E-state index is -0.610. The van der Waals surface area contributed by atoms with Gasteiger partial charge in [0.25, 0.3) is 5.91 Å². The number of anilines is 2. The standard InChI is InChI=1S/C24H18ClN5O2/c25-20-8-6-16(12-19(20)21-3-1-2-10-28-21)30-24(32)14-4-7-17(23(27)31)18(11-14)15-5-9-22(26)29-13-15/h1-13H,(H2,26,29)(H2,27,31)(H,30,32). The molecule has 0 aliphatic heterocycles. The number of halogens is 1. The summed E-state index contributed by atoms with van der Waals surface area (Å²) in [6.07, 6.45) is 3.20. The molecule has 0 spiro atoms. The summed E-state index contributed by atoms with van der Waals surface area (Å²) in [5, 5.41) is 3.37. The highest BCUT2D eigenvalue weighted by atomic mass is 35.5. The van der Waals surface area contributed by atoms with Crippen molar-refractivity contribution in [1.82, 2.24) is 9.97 Å². The molecule has 0 fully saturated rings. The molecule has 0 unspecified atom stereocenters. The fraction of sp³-hybridized carbons (Fsp3) is 0. The molecule has 0 aliphatic carbocycles. The van der Waals surface area contributed by atoms with Crippen LogP contribution in [0.15, 0.2) is 79.1 Å². The first kappa shape index (κ1) is 21.0. The van der Waals surface area contributed by atoms with Crippen LogP contribution in [-0.4, -0.2) is 21.8 Å². The van der Waals surface area contributed by atoms with Gasteiger partial charge >= 0.3 is 0 Å². The maximum absolute atomic E-state index is 13.0. The summed E-state index contributed by atoms with van der Waals surface area (Å²) in [6.45, 7) is 0.